The van der Waals surface area contributed by atoms with Crippen molar-refractivity contribution in [1.82, 2.24) is 15.5 Å². The number of nitrogens with one attached hydrogen (secondary N) is 1. The molecule has 0 bridgehead atoms. The Morgan fingerprint density at radius 3 is 2.81 bits per heavy atom. The maximum absolute atomic E-state index is 12.7. The van der Waals surface area contributed by atoms with E-state index in [9.17, 15) is 13.2 Å². The standard InChI is InChI=1S/C21H22N4O5S/c1-14-6-5-7-15(12-14)20-23-19(30-24-20)13-22-21(26)18-10-11-25(31(2,27)28)16-8-3-4-9-17(16)29-18/h3-9,12,18H,10-11,13H2,1-2H3,(H,22,26)/t18-/m0/s1. The van der Waals surface area contributed by atoms with E-state index in [-0.39, 0.29) is 31.3 Å². The van der Waals surface area contributed by atoms with Crippen molar-refractivity contribution >= 4 is 21.6 Å². The van der Waals surface area contributed by atoms with E-state index in [4.69, 9.17) is 9.26 Å². The number of amides is 1. The van der Waals surface area contributed by atoms with Gasteiger partial charge < -0.3 is 14.6 Å². The van der Waals surface area contributed by atoms with Gasteiger partial charge in [0.2, 0.25) is 21.7 Å². The van der Waals surface area contributed by atoms with Gasteiger partial charge in [-0.3, -0.25) is 9.10 Å². The van der Waals surface area contributed by atoms with Gasteiger partial charge in [-0.25, -0.2) is 8.42 Å². The second-order valence-corrected chi connectivity index (χ2v) is 9.20. The summed E-state index contributed by atoms with van der Waals surface area (Å²) in [6, 6.07) is 14.5. The molecule has 0 saturated carbocycles. The molecule has 0 fully saturated rings. The number of aromatic nitrogens is 2. The van der Waals surface area contributed by atoms with Crippen LogP contribution in [-0.2, 0) is 21.4 Å². The number of anilines is 1. The van der Waals surface area contributed by atoms with Gasteiger partial charge in [0.1, 0.15) is 5.75 Å². The van der Waals surface area contributed by atoms with Crippen molar-refractivity contribution in [3.05, 3.63) is 60.0 Å². The fourth-order valence-electron chi connectivity index (χ4n) is 3.36. The Bertz CT molecular complexity index is 1210. The van der Waals surface area contributed by atoms with E-state index >= 15 is 0 Å². The zero-order valence-electron chi connectivity index (χ0n) is 17.1. The number of hydrogen-bond acceptors (Lipinski definition) is 7. The van der Waals surface area contributed by atoms with Gasteiger partial charge in [-0.2, -0.15) is 4.98 Å². The number of carbonyl (C=O) groups excluding carboxylic acids is 1. The molecule has 1 aromatic heterocycles. The average Bonchev–Trinajstić information content (AvgIpc) is 3.11. The molecule has 0 aliphatic carbocycles. The molecule has 0 saturated heterocycles. The van der Waals surface area contributed by atoms with Crippen LogP contribution in [-0.4, -0.2) is 43.4 Å². The first-order valence-corrected chi connectivity index (χ1v) is 11.6. The molecule has 31 heavy (non-hydrogen) atoms. The van der Waals surface area contributed by atoms with Crippen molar-refractivity contribution in [2.45, 2.75) is 26.0 Å². The van der Waals surface area contributed by atoms with E-state index in [1.54, 1.807) is 24.3 Å². The first-order valence-electron chi connectivity index (χ1n) is 9.72. The fraction of sp³-hybridized carbons (Fsp3) is 0.286. The molecule has 2 heterocycles. The zero-order valence-corrected chi connectivity index (χ0v) is 17.9. The molecule has 4 rings (SSSR count). The molecule has 0 spiro atoms. The molecule has 162 valence electrons. The Morgan fingerprint density at radius 1 is 1.23 bits per heavy atom. The van der Waals surface area contributed by atoms with Crippen LogP contribution >= 0.6 is 0 Å². The van der Waals surface area contributed by atoms with Gasteiger partial charge in [-0.05, 0) is 25.1 Å². The summed E-state index contributed by atoms with van der Waals surface area (Å²) < 4.78 is 36.7. The van der Waals surface area contributed by atoms with Crippen molar-refractivity contribution in [2.75, 3.05) is 17.1 Å². The van der Waals surface area contributed by atoms with Gasteiger partial charge in [0, 0.05) is 18.5 Å². The van der Waals surface area contributed by atoms with Gasteiger partial charge in [0.15, 0.2) is 6.10 Å². The number of sulfonamides is 1. The third kappa shape index (κ3) is 4.69. The summed E-state index contributed by atoms with van der Waals surface area (Å²) in [6.07, 6.45) is 0.476. The first-order chi connectivity index (χ1) is 14.8. The van der Waals surface area contributed by atoms with Crippen LogP contribution in [0.3, 0.4) is 0 Å². The van der Waals surface area contributed by atoms with E-state index in [1.807, 2.05) is 31.2 Å². The molecular formula is C21H22N4O5S. The molecule has 1 amide bonds. The van der Waals surface area contributed by atoms with Gasteiger partial charge in [-0.15, -0.1) is 0 Å². The Balaban J connectivity index is 1.44. The van der Waals surface area contributed by atoms with Crippen LogP contribution < -0.4 is 14.4 Å². The molecule has 2 aromatic carbocycles. The highest BCUT2D eigenvalue weighted by molar-refractivity contribution is 7.92. The van der Waals surface area contributed by atoms with E-state index in [0.29, 0.717) is 17.3 Å². The lowest BCUT2D eigenvalue weighted by Crippen LogP contribution is -2.39. The number of rotatable bonds is 5. The zero-order chi connectivity index (χ0) is 22.0. The second-order valence-electron chi connectivity index (χ2n) is 7.30. The minimum atomic E-state index is -3.51. The van der Waals surface area contributed by atoms with Crippen LogP contribution in [0.25, 0.3) is 11.4 Å². The molecule has 0 unspecified atom stereocenters. The molecule has 1 N–H and O–H groups in total. The van der Waals surface area contributed by atoms with E-state index < -0.39 is 16.1 Å². The van der Waals surface area contributed by atoms with Crippen LogP contribution in [0.15, 0.2) is 53.1 Å². The lowest BCUT2D eigenvalue weighted by atomic mass is 10.1. The lowest BCUT2D eigenvalue weighted by Gasteiger charge is -2.20. The lowest BCUT2D eigenvalue weighted by molar-refractivity contribution is -0.128. The van der Waals surface area contributed by atoms with E-state index in [0.717, 1.165) is 17.4 Å². The number of fused-ring (bicyclic) bond motifs is 1. The van der Waals surface area contributed by atoms with Crippen LogP contribution in [0, 0.1) is 6.92 Å². The van der Waals surface area contributed by atoms with E-state index in [1.165, 1.54) is 4.31 Å². The highest BCUT2D eigenvalue weighted by atomic mass is 32.2. The smallest absolute Gasteiger partial charge is 0.261 e. The minimum absolute atomic E-state index is 0.0367. The Hall–Kier alpha value is -3.40. The van der Waals surface area contributed by atoms with Crippen LogP contribution in [0.1, 0.15) is 17.9 Å². The maximum Gasteiger partial charge on any atom is 0.261 e. The van der Waals surface area contributed by atoms with Gasteiger partial charge in [0.25, 0.3) is 5.91 Å². The summed E-state index contributed by atoms with van der Waals surface area (Å²) in [6.45, 7) is 2.14. The third-order valence-electron chi connectivity index (χ3n) is 4.85. The predicted octanol–water partition coefficient (Wildman–Crippen LogP) is 2.28. The van der Waals surface area contributed by atoms with Crippen molar-refractivity contribution in [3.8, 4) is 17.1 Å². The van der Waals surface area contributed by atoms with Crippen LogP contribution in [0.2, 0.25) is 0 Å². The normalized spacial score (nSPS) is 16.2. The topological polar surface area (TPSA) is 115 Å². The Labute approximate surface area is 180 Å². The number of aryl methyl sites for hydroxylation is 1. The first kappa shape index (κ1) is 20.9. The van der Waals surface area contributed by atoms with Crippen molar-refractivity contribution < 1.29 is 22.5 Å². The molecule has 1 atom stereocenters. The summed E-state index contributed by atoms with van der Waals surface area (Å²) >= 11 is 0. The molecule has 1 aliphatic rings. The molecule has 1 aliphatic heterocycles. The van der Waals surface area contributed by atoms with E-state index in [2.05, 4.69) is 15.5 Å². The molecule has 10 heteroatoms. The number of ether oxygens (including phenoxy) is 1. The summed E-state index contributed by atoms with van der Waals surface area (Å²) in [7, 11) is -3.51. The second kappa shape index (κ2) is 8.38. The Kier molecular flexibility index (Phi) is 5.64. The maximum atomic E-state index is 12.7. The SMILES string of the molecule is Cc1cccc(-c2noc(CNC(=O)[C@@H]3CCN(S(C)(=O)=O)c4ccccc4O3)n2)c1. The third-order valence-corrected chi connectivity index (χ3v) is 6.03. The van der Waals surface area contributed by atoms with Crippen molar-refractivity contribution in [2.24, 2.45) is 0 Å². The predicted molar refractivity (Wildman–Crippen MR) is 114 cm³/mol. The average molecular weight is 442 g/mol. The van der Waals surface area contributed by atoms with Crippen LogP contribution in [0.4, 0.5) is 5.69 Å². The number of carbonyl (C=O) groups is 1. The molecular weight excluding hydrogens is 420 g/mol. The number of para-hydroxylation sites is 2. The molecule has 9 nitrogen and oxygen atoms in total. The quantitative estimate of drug-likeness (QED) is 0.645. The van der Waals surface area contributed by atoms with Crippen LogP contribution in [0.5, 0.6) is 5.75 Å². The number of hydrogen-bond donors (Lipinski definition) is 1. The highest BCUT2D eigenvalue weighted by Crippen LogP contribution is 2.33. The van der Waals surface area contributed by atoms with Gasteiger partial charge in [0.05, 0.1) is 18.5 Å². The number of nitrogens with zero attached hydrogens (tertiary/aromatic N) is 3. The van der Waals surface area contributed by atoms with Gasteiger partial charge >= 0.3 is 0 Å². The minimum Gasteiger partial charge on any atom is -0.478 e. The molecule has 3 aromatic rings. The highest BCUT2D eigenvalue weighted by Gasteiger charge is 2.31. The summed E-state index contributed by atoms with van der Waals surface area (Å²) in [5.74, 6) is 0.651. The molecule has 0 radical (unpaired) electrons. The summed E-state index contributed by atoms with van der Waals surface area (Å²) in [5.41, 5.74) is 2.32. The number of benzene rings is 2. The monoisotopic (exact) mass is 442 g/mol. The fourth-order valence-corrected chi connectivity index (χ4v) is 4.31. The van der Waals surface area contributed by atoms with Crippen molar-refractivity contribution in [3.63, 3.8) is 0 Å². The van der Waals surface area contributed by atoms with Gasteiger partial charge in [-0.1, -0.05) is 41.1 Å². The Morgan fingerprint density at radius 2 is 2.03 bits per heavy atom. The van der Waals surface area contributed by atoms with Crippen molar-refractivity contribution in [1.29, 1.82) is 0 Å². The largest absolute Gasteiger partial charge is 0.478 e. The summed E-state index contributed by atoms with van der Waals surface area (Å²) in [4.78, 5) is 17.0. The summed E-state index contributed by atoms with van der Waals surface area (Å²) in [5, 5.41) is 6.69.